The first-order valence-electron chi connectivity index (χ1n) is 7.51. The lowest BCUT2D eigenvalue weighted by Gasteiger charge is -2.36. The molecule has 0 aliphatic carbocycles. The van der Waals surface area contributed by atoms with Gasteiger partial charge in [-0.2, -0.15) is 0 Å². The second-order valence-corrected chi connectivity index (χ2v) is 5.46. The summed E-state index contributed by atoms with van der Waals surface area (Å²) in [5.41, 5.74) is 2.48. The molecule has 1 aliphatic heterocycles. The molecule has 1 saturated heterocycles. The second kappa shape index (κ2) is 6.47. The highest BCUT2D eigenvalue weighted by Gasteiger charge is 2.21. The minimum Gasteiger partial charge on any atom is -0.368 e. The highest BCUT2D eigenvalue weighted by molar-refractivity contribution is 5.88. The fraction of sp³-hybridized carbons (Fsp3) is 0.294. The van der Waals surface area contributed by atoms with Crippen molar-refractivity contribution in [1.82, 2.24) is 9.88 Å². The van der Waals surface area contributed by atoms with Gasteiger partial charge in [0.1, 0.15) is 5.82 Å². The Morgan fingerprint density at radius 2 is 1.91 bits per heavy atom. The fourth-order valence-corrected chi connectivity index (χ4v) is 2.62. The van der Waals surface area contributed by atoms with Crippen LogP contribution in [0.4, 0.5) is 16.3 Å². The first-order chi connectivity index (χ1) is 10.7. The van der Waals surface area contributed by atoms with Gasteiger partial charge in [0.05, 0.1) is 0 Å². The summed E-state index contributed by atoms with van der Waals surface area (Å²) in [4.78, 5) is 20.5. The molecule has 2 heterocycles. The zero-order chi connectivity index (χ0) is 15.4. The van der Waals surface area contributed by atoms with Gasteiger partial charge in [0.15, 0.2) is 0 Å². The van der Waals surface area contributed by atoms with Crippen LogP contribution < -0.4 is 10.2 Å². The number of aryl methyl sites for hydroxylation is 1. The van der Waals surface area contributed by atoms with E-state index in [9.17, 15) is 4.79 Å². The molecule has 0 bridgehead atoms. The molecule has 22 heavy (non-hydrogen) atoms. The van der Waals surface area contributed by atoms with Gasteiger partial charge in [-0.15, -0.1) is 0 Å². The molecule has 1 N–H and O–H groups in total. The fourth-order valence-electron chi connectivity index (χ4n) is 2.62. The number of nitrogens with zero attached hydrogens (tertiary/aromatic N) is 3. The summed E-state index contributed by atoms with van der Waals surface area (Å²) in [7, 11) is 0. The number of carbonyl (C=O) groups excluding carboxylic acids is 1. The van der Waals surface area contributed by atoms with Gasteiger partial charge in [0.25, 0.3) is 0 Å². The van der Waals surface area contributed by atoms with E-state index in [0.717, 1.165) is 13.1 Å². The maximum atomic E-state index is 12.2. The van der Waals surface area contributed by atoms with Crippen LogP contribution in [0.2, 0.25) is 0 Å². The van der Waals surface area contributed by atoms with Gasteiger partial charge in [-0.25, -0.2) is 9.78 Å². The molecule has 2 aromatic rings. The van der Waals surface area contributed by atoms with E-state index in [1.165, 1.54) is 11.3 Å². The van der Waals surface area contributed by atoms with Crippen molar-refractivity contribution in [3.05, 3.63) is 54.2 Å². The van der Waals surface area contributed by atoms with Crippen LogP contribution in [-0.2, 0) is 0 Å². The number of pyridine rings is 1. The van der Waals surface area contributed by atoms with Crippen LogP contribution in [0.5, 0.6) is 0 Å². The van der Waals surface area contributed by atoms with E-state index in [1.807, 2.05) is 17.0 Å². The number of nitrogens with one attached hydrogen (secondary N) is 1. The molecule has 1 aliphatic rings. The number of piperazine rings is 1. The molecule has 0 saturated carbocycles. The third-order valence-corrected chi connectivity index (χ3v) is 3.83. The first-order valence-corrected chi connectivity index (χ1v) is 7.51. The Hall–Kier alpha value is -2.56. The lowest BCUT2D eigenvalue weighted by Crippen LogP contribution is -2.50. The predicted molar refractivity (Wildman–Crippen MR) is 88.2 cm³/mol. The van der Waals surface area contributed by atoms with E-state index >= 15 is 0 Å². The minimum absolute atomic E-state index is 0.0809. The molecule has 5 heteroatoms. The predicted octanol–water partition coefficient (Wildman–Crippen LogP) is 2.74. The molecule has 1 aromatic carbocycles. The highest BCUT2D eigenvalue weighted by Crippen LogP contribution is 2.18. The number of anilines is 2. The number of rotatable bonds is 2. The van der Waals surface area contributed by atoms with Gasteiger partial charge in [-0.05, 0) is 36.8 Å². The molecule has 5 nitrogen and oxygen atoms in total. The van der Waals surface area contributed by atoms with Crippen molar-refractivity contribution >= 4 is 17.5 Å². The van der Waals surface area contributed by atoms with Crippen molar-refractivity contribution in [2.24, 2.45) is 0 Å². The Kier molecular flexibility index (Phi) is 4.23. The Bertz CT molecular complexity index is 636. The maximum Gasteiger partial charge on any atom is 0.323 e. The number of amides is 2. The molecule has 0 spiro atoms. The van der Waals surface area contributed by atoms with Crippen molar-refractivity contribution in [2.45, 2.75) is 6.92 Å². The lowest BCUT2D eigenvalue weighted by molar-refractivity contribution is 0.208. The van der Waals surface area contributed by atoms with Crippen LogP contribution in [0.25, 0.3) is 0 Å². The number of hydrogen-bond acceptors (Lipinski definition) is 3. The number of hydrogen-bond donors (Lipinski definition) is 1. The van der Waals surface area contributed by atoms with E-state index in [-0.39, 0.29) is 6.03 Å². The quantitative estimate of drug-likeness (QED) is 0.927. The van der Waals surface area contributed by atoms with Crippen LogP contribution in [0.3, 0.4) is 0 Å². The Morgan fingerprint density at radius 3 is 2.59 bits per heavy atom. The van der Waals surface area contributed by atoms with Gasteiger partial charge >= 0.3 is 6.03 Å². The molecule has 114 valence electrons. The van der Waals surface area contributed by atoms with Gasteiger partial charge < -0.3 is 9.80 Å². The van der Waals surface area contributed by atoms with E-state index in [4.69, 9.17) is 0 Å². The molecule has 0 radical (unpaired) electrons. The normalized spacial score (nSPS) is 14.8. The van der Waals surface area contributed by atoms with Crippen LogP contribution in [0.15, 0.2) is 48.7 Å². The van der Waals surface area contributed by atoms with Crippen molar-refractivity contribution in [3.8, 4) is 0 Å². The summed E-state index contributed by atoms with van der Waals surface area (Å²) in [6.07, 6.45) is 1.67. The van der Waals surface area contributed by atoms with Crippen LogP contribution in [0, 0.1) is 6.92 Å². The summed E-state index contributed by atoms with van der Waals surface area (Å²) in [5.74, 6) is 0.591. The average Bonchev–Trinajstić information content (AvgIpc) is 2.56. The number of urea groups is 1. The van der Waals surface area contributed by atoms with Crippen molar-refractivity contribution in [1.29, 1.82) is 0 Å². The van der Waals surface area contributed by atoms with Crippen LogP contribution in [-0.4, -0.2) is 42.1 Å². The summed E-state index contributed by atoms with van der Waals surface area (Å²) in [6.45, 7) is 5.22. The summed E-state index contributed by atoms with van der Waals surface area (Å²) < 4.78 is 0. The van der Waals surface area contributed by atoms with Gasteiger partial charge in [-0.3, -0.25) is 5.32 Å². The standard InChI is InChI=1S/C17H20N4O/c1-14-5-4-6-15(13-14)20-9-11-21(12-10-20)17(22)19-16-7-2-3-8-18-16/h2-8,13H,9-12H2,1H3,(H,18,19,22). The van der Waals surface area contributed by atoms with Crippen molar-refractivity contribution < 1.29 is 4.79 Å². The van der Waals surface area contributed by atoms with Crippen molar-refractivity contribution in [3.63, 3.8) is 0 Å². The maximum absolute atomic E-state index is 12.2. The average molecular weight is 296 g/mol. The Labute approximate surface area is 130 Å². The number of aromatic nitrogens is 1. The van der Waals surface area contributed by atoms with Gasteiger partial charge in [0.2, 0.25) is 0 Å². The molecule has 0 unspecified atom stereocenters. The molecule has 1 fully saturated rings. The third-order valence-electron chi connectivity index (χ3n) is 3.83. The first kappa shape index (κ1) is 14.4. The second-order valence-electron chi connectivity index (χ2n) is 5.46. The van der Waals surface area contributed by atoms with Gasteiger partial charge in [-0.1, -0.05) is 18.2 Å². The van der Waals surface area contributed by atoms with Crippen molar-refractivity contribution in [2.75, 3.05) is 36.4 Å². The lowest BCUT2D eigenvalue weighted by atomic mass is 10.2. The molecule has 0 atom stereocenters. The van der Waals surface area contributed by atoms with E-state index in [0.29, 0.717) is 18.9 Å². The smallest absolute Gasteiger partial charge is 0.323 e. The van der Waals surface area contributed by atoms with Crippen LogP contribution in [0.1, 0.15) is 5.56 Å². The van der Waals surface area contributed by atoms with E-state index in [1.54, 1.807) is 12.3 Å². The number of carbonyl (C=O) groups is 1. The van der Waals surface area contributed by atoms with Gasteiger partial charge in [0, 0.05) is 38.1 Å². The third kappa shape index (κ3) is 3.36. The summed E-state index contributed by atoms with van der Waals surface area (Å²) in [6, 6.07) is 13.9. The largest absolute Gasteiger partial charge is 0.368 e. The zero-order valence-corrected chi connectivity index (χ0v) is 12.7. The monoisotopic (exact) mass is 296 g/mol. The molecule has 3 rings (SSSR count). The minimum atomic E-state index is -0.0809. The SMILES string of the molecule is Cc1cccc(N2CCN(C(=O)Nc3ccccn3)CC2)c1. The highest BCUT2D eigenvalue weighted by atomic mass is 16.2. The summed E-state index contributed by atoms with van der Waals surface area (Å²) >= 11 is 0. The molecular formula is C17H20N4O. The molecular weight excluding hydrogens is 276 g/mol. The number of benzene rings is 1. The molecule has 2 amide bonds. The Morgan fingerprint density at radius 1 is 1.09 bits per heavy atom. The topological polar surface area (TPSA) is 48.5 Å². The van der Waals surface area contributed by atoms with E-state index < -0.39 is 0 Å². The Balaban J connectivity index is 1.56. The summed E-state index contributed by atoms with van der Waals surface area (Å²) in [5, 5.41) is 2.83. The van der Waals surface area contributed by atoms with E-state index in [2.05, 4.69) is 46.4 Å². The van der Waals surface area contributed by atoms with Crippen LogP contribution >= 0.6 is 0 Å². The zero-order valence-electron chi connectivity index (χ0n) is 12.7. The molecule has 1 aromatic heterocycles.